The highest BCUT2D eigenvalue weighted by molar-refractivity contribution is 9.11. The molecule has 0 bridgehead atoms. The minimum atomic E-state index is -0.770. The van der Waals surface area contributed by atoms with Crippen molar-refractivity contribution in [3.63, 3.8) is 0 Å². The van der Waals surface area contributed by atoms with E-state index in [4.69, 9.17) is 10.5 Å². The lowest BCUT2D eigenvalue weighted by atomic mass is 10.1. The molecule has 100 valence electrons. The van der Waals surface area contributed by atoms with Crippen LogP contribution in [0.15, 0.2) is 21.1 Å². The van der Waals surface area contributed by atoms with Crippen LogP contribution in [0, 0.1) is 0 Å². The number of carbonyl (C=O) groups is 1. The van der Waals surface area contributed by atoms with Crippen LogP contribution in [-0.2, 0) is 9.53 Å². The summed E-state index contributed by atoms with van der Waals surface area (Å²) < 4.78 is 6.65. The predicted octanol–water partition coefficient (Wildman–Crippen LogP) is 2.84. The molecule has 18 heavy (non-hydrogen) atoms. The highest BCUT2D eigenvalue weighted by Crippen LogP contribution is 2.35. The average Bonchev–Trinajstić information content (AvgIpc) is 2.26. The smallest absolute Gasteiger partial charge is 0.327 e. The third-order valence-corrected chi connectivity index (χ3v) is 3.60. The van der Waals surface area contributed by atoms with Crippen molar-refractivity contribution in [3.05, 3.63) is 26.6 Å². The van der Waals surface area contributed by atoms with Gasteiger partial charge in [0.2, 0.25) is 0 Å². The van der Waals surface area contributed by atoms with Crippen LogP contribution in [0.4, 0.5) is 5.69 Å². The van der Waals surface area contributed by atoms with Crippen molar-refractivity contribution in [2.75, 3.05) is 25.6 Å². The highest BCUT2D eigenvalue weighted by atomic mass is 79.9. The summed E-state index contributed by atoms with van der Waals surface area (Å²) in [6, 6.07) is 2.90. The molecule has 0 aliphatic rings. The van der Waals surface area contributed by atoms with Gasteiger partial charge >= 0.3 is 5.97 Å². The number of rotatable bonds is 4. The molecule has 1 unspecified atom stereocenters. The monoisotopic (exact) mass is 378 g/mol. The number of carbonyl (C=O) groups excluding carboxylic acids is 1. The van der Waals surface area contributed by atoms with Crippen molar-refractivity contribution in [1.29, 1.82) is 0 Å². The number of benzene rings is 1. The fourth-order valence-electron chi connectivity index (χ4n) is 1.56. The van der Waals surface area contributed by atoms with E-state index >= 15 is 0 Å². The van der Waals surface area contributed by atoms with E-state index in [-0.39, 0.29) is 0 Å². The molecule has 0 fully saturated rings. The number of esters is 1. The van der Waals surface area contributed by atoms with Gasteiger partial charge in [0, 0.05) is 23.0 Å². The van der Waals surface area contributed by atoms with E-state index in [1.807, 2.05) is 31.1 Å². The van der Waals surface area contributed by atoms with Crippen molar-refractivity contribution in [3.8, 4) is 0 Å². The van der Waals surface area contributed by atoms with Crippen LogP contribution in [0.5, 0.6) is 0 Å². The zero-order valence-corrected chi connectivity index (χ0v) is 13.7. The third-order valence-electron chi connectivity index (χ3n) is 2.39. The summed E-state index contributed by atoms with van der Waals surface area (Å²) in [5.41, 5.74) is 7.56. The molecule has 1 rings (SSSR count). The van der Waals surface area contributed by atoms with Gasteiger partial charge in [-0.15, -0.1) is 0 Å². The van der Waals surface area contributed by atoms with Crippen LogP contribution >= 0.6 is 31.9 Å². The lowest BCUT2D eigenvalue weighted by Crippen LogP contribution is -2.24. The first-order valence-corrected chi connectivity index (χ1v) is 7.05. The summed E-state index contributed by atoms with van der Waals surface area (Å²) >= 11 is 6.95. The van der Waals surface area contributed by atoms with Gasteiger partial charge in [0.1, 0.15) is 6.04 Å². The van der Waals surface area contributed by atoms with Gasteiger partial charge in [-0.3, -0.25) is 0 Å². The second-order valence-electron chi connectivity index (χ2n) is 3.96. The Labute approximate surface area is 124 Å². The quantitative estimate of drug-likeness (QED) is 0.817. The number of hydrogen-bond donors (Lipinski definition) is 1. The maximum Gasteiger partial charge on any atom is 0.327 e. The molecule has 1 aromatic rings. The Kier molecular flexibility index (Phi) is 5.62. The molecule has 0 saturated heterocycles. The molecule has 1 aromatic carbocycles. The molecule has 0 radical (unpaired) electrons. The predicted molar refractivity (Wildman–Crippen MR) is 79.7 cm³/mol. The normalized spacial score (nSPS) is 12.1. The Morgan fingerprint density at radius 2 is 1.89 bits per heavy atom. The highest BCUT2D eigenvalue weighted by Gasteiger charge is 2.20. The summed E-state index contributed by atoms with van der Waals surface area (Å²) in [5, 5.41) is 0. The Morgan fingerprint density at radius 3 is 2.28 bits per heavy atom. The Bertz CT molecular complexity index is 427. The summed E-state index contributed by atoms with van der Waals surface area (Å²) in [7, 11) is 3.88. The second kappa shape index (κ2) is 6.54. The minimum absolute atomic E-state index is 0.324. The van der Waals surface area contributed by atoms with Crippen LogP contribution in [-0.4, -0.2) is 26.7 Å². The molecule has 0 spiro atoms. The molecule has 1 atom stereocenters. The van der Waals surface area contributed by atoms with Crippen LogP contribution < -0.4 is 10.6 Å². The van der Waals surface area contributed by atoms with E-state index in [1.165, 1.54) is 0 Å². The van der Waals surface area contributed by atoms with Crippen LogP contribution in [0.2, 0.25) is 0 Å². The van der Waals surface area contributed by atoms with Crippen molar-refractivity contribution in [1.82, 2.24) is 0 Å². The first-order valence-electron chi connectivity index (χ1n) is 5.47. The largest absolute Gasteiger partial charge is 0.465 e. The summed E-state index contributed by atoms with van der Waals surface area (Å²) in [5.74, 6) is -0.422. The summed E-state index contributed by atoms with van der Waals surface area (Å²) in [6.07, 6.45) is 0. The lowest BCUT2D eigenvalue weighted by Gasteiger charge is -2.19. The molecule has 0 heterocycles. The van der Waals surface area contributed by atoms with E-state index in [0.717, 1.165) is 14.6 Å². The fourth-order valence-corrected chi connectivity index (χ4v) is 3.49. The zero-order chi connectivity index (χ0) is 13.9. The number of nitrogens with zero attached hydrogens (tertiary/aromatic N) is 1. The zero-order valence-electron chi connectivity index (χ0n) is 10.5. The van der Waals surface area contributed by atoms with Gasteiger partial charge in [0.15, 0.2) is 0 Å². The van der Waals surface area contributed by atoms with E-state index in [9.17, 15) is 4.79 Å². The van der Waals surface area contributed by atoms with Crippen molar-refractivity contribution >= 4 is 43.5 Å². The van der Waals surface area contributed by atoms with Crippen LogP contribution in [0.3, 0.4) is 0 Å². The van der Waals surface area contributed by atoms with Crippen molar-refractivity contribution < 1.29 is 9.53 Å². The minimum Gasteiger partial charge on any atom is -0.465 e. The molecule has 0 saturated carbocycles. The molecule has 2 N–H and O–H groups in total. The molecule has 0 amide bonds. The van der Waals surface area contributed by atoms with Gasteiger partial charge in [-0.2, -0.15) is 0 Å². The number of halogens is 2. The van der Waals surface area contributed by atoms with Gasteiger partial charge < -0.3 is 15.4 Å². The average molecular weight is 380 g/mol. The maximum absolute atomic E-state index is 11.6. The standard InChI is InChI=1S/C12H16Br2N2O2/c1-4-18-12(17)10(15)7-5-8(13)11(16(2)3)9(14)6-7/h5-6,10H,4,15H2,1-3H3. The Hall–Kier alpha value is -0.590. The molecular formula is C12H16Br2N2O2. The summed E-state index contributed by atoms with van der Waals surface area (Å²) in [6.45, 7) is 2.08. The Balaban J connectivity index is 3.10. The topological polar surface area (TPSA) is 55.6 Å². The second-order valence-corrected chi connectivity index (χ2v) is 5.67. The first kappa shape index (κ1) is 15.5. The van der Waals surface area contributed by atoms with E-state index in [2.05, 4.69) is 31.9 Å². The van der Waals surface area contributed by atoms with Gasteiger partial charge in [-0.1, -0.05) is 0 Å². The van der Waals surface area contributed by atoms with E-state index in [0.29, 0.717) is 12.2 Å². The molecule has 4 nitrogen and oxygen atoms in total. The molecule has 0 aliphatic heterocycles. The molecule has 0 aromatic heterocycles. The Morgan fingerprint density at radius 1 is 1.39 bits per heavy atom. The number of anilines is 1. The van der Waals surface area contributed by atoms with E-state index < -0.39 is 12.0 Å². The van der Waals surface area contributed by atoms with Crippen molar-refractivity contribution in [2.45, 2.75) is 13.0 Å². The SMILES string of the molecule is CCOC(=O)C(N)c1cc(Br)c(N(C)C)c(Br)c1. The number of hydrogen-bond acceptors (Lipinski definition) is 4. The van der Waals surface area contributed by atoms with Gasteiger partial charge in [-0.05, 0) is 56.5 Å². The maximum atomic E-state index is 11.6. The van der Waals surface area contributed by atoms with Gasteiger partial charge in [0.05, 0.1) is 12.3 Å². The number of nitrogens with two attached hydrogens (primary N) is 1. The molecule has 6 heteroatoms. The van der Waals surface area contributed by atoms with Crippen LogP contribution in [0.25, 0.3) is 0 Å². The number of ether oxygens (including phenoxy) is 1. The fraction of sp³-hybridized carbons (Fsp3) is 0.417. The van der Waals surface area contributed by atoms with Crippen molar-refractivity contribution in [2.24, 2.45) is 5.73 Å². The third kappa shape index (κ3) is 3.46. The molecular weight excluding hydrogens is 364 g/mol. The van der Waals surface area contributed by atoms with Gasteiger partial charge in [-0.25, -0.2) is 4.79 Å². The summed E-state index contributed by atoms with van der Waals surface area (Å²) in [4.78, 5) is 13.6. The lowest BCUT2D eigenvalue weighted by molar-refractivity contribution is -0.144. The molecule has 0 aliphatic carbocycles. The van der Waals surface area contributed by atoms with Crippen LogP contribution in [0.1, 0.15) is 18.5 Å². The first-order chi connectivity index (χ1) is 8.38. The van der Waals surface area contributed by atoms with E-state index in [1.54, 1.807) is 6.92 Å². The van der Waals surface area contributed by atoms with Gasteiger partial charge in [0.25, 0.3) is 0 Å².